The zero-order valence-electron chi connectivity index (χ0n) is 10.9. The summed E-state index contributed by atoms with van der Waals surface area (Å²) in [6, 6.07) is 0. The fourth-order valence-corrected chi connectivity index (χ4v) is 2.29. The normalized spacial score (nSPS) is 16.4. The van der Waals surface area contributed by atoms with Gasteiger partial charge in [0.25, 0.3) is 0 Å². The van der Waals surface area contributed by atoms with E-state index in [-0.39, 0.29) is 17.0 Å². The summed E-state index contributed by atoms with van der Waals surface area (Å²) < 4.78 is 5.75. The third kappa shape index (κ3) is 1.96. The van der Waals surface area contributed by atoms with Crippen molar-refractivity contribution in [2.75, 3.05) is 0 Å². The Kier molecular flexibility index (Phi) is 3.05. The Morgan fingerprint density at radius 3 is 2.33 bits per heavy atom. The fourth-order valence-electron chi connectivity index (χ4n) is 2.29. The third-order valence-electron chi connectivity index (χ3n) is 3.46. The average Bonchev–Trinajstić information content (AvgIpc) is 2.53. The highest BCUT2D eigenvalue weighted by molar-refractivity contribution is 5.99. The van der Waals surface area contributed by atoms with Gasteiger partial charge in [-0.3, -0.25) is 4.79 Å². The highest BCUT2D eigenvalue weighted by Crippen LogP contribution is 2.42. The van der Waals surface area contributed by atoms with Gasteiger partial charge in [-0.25, -0.2) is 4.79 Å². The van der Waals surface area contributed by atoms with Gasteiger partial charge in [0, 0.05) is 11.3 Å². The second-order valence-corrected chi connectivity index (χ2v) is 5.88. The van der Waals surface area contributed by atoms with Crippen LogP contribution >= 0.6 is 0 Å². The minimum absolute atomic E-state index is 0.0411. The first-order valence-electron chi connectivity index (χ1n) is 6.22. The summed E-state index contributed by atoms with van der Waals surface area (Å²) in [4.78, 5) is 22.6. The summed E-state index contributed by atoms with van der Waals surface area (Å²) in [5.74, 6) is 0.0910. The van der Waals surface area contributed by atoms with Gasteiger partial charge in [0.1, 0.15) is 17.1 Å². The number of carbonyl (C=O) groups is 2. The molecule has 98 valence electrons. The van der Waals surface area contributed by atoms with Crippen LogP contribution in [0.5, 0.6) is 0 Å². The molecule has 0 unspecified atom stereocenters. The van der Waals surface area contributed by atoms with Crippen LogP contribution in [-0.2, 0) is 5.41 Å². The predicted octanol–water partition coefficient (Wildman–Crippen LogP) is 3.36. The topological polar surface area (TPSA) is 67.5 Å². The van der Waals surface area contributed by atoms with Crippen molar-refractivity contribution in [1.29, 1.82) is 0 Å². The van der Waals surface area contributed by atoms with E-state index in [1.807, 2.05) is 20.8 Å². The van der Waals surface area contributed by atoms with E-state index in [0.717, 1.165) is 19.3 Å². The lowest BCUT2D eigenvalue weighted by atomic mass is 9.81. The predicted molar refractivity (Wildman–Crippen MR) is 66.3 cm³/mol. The van der Waals surface area contributed by atoms with Crippen molar-refractivity contribution < 1.29 is 19.1 Å². The van der Waals surface area contributed by atoms with Crippen molar-refractivity contribution in [1.82, 2.24) is 0 Å². The molecule has 0 saturated heterocycles. The van der Waals surface area contributed by atoms with Crippen LogP contribution in [0.1, 0.15) is 78.2 Å². The second-order valence-electron chi connectivity index (χ2n) is 5.88. The average molecular weight is 250 g/mol. The first-order chi connectivity index (χ1) is 8.36. The maximum atomic E-state index is 11.4. The first-order valence-corrected chi connectivity index (χ1v) is 6.22. The largest absolute Gasteiger partial charge is 0.478 e. The standard InChI is InChI=1S/C14H18O4/c1-14(2,3)12-10(13(16)17)9(7-15)11(18-12)8-5-4-6-8/h7-8H,4-6H2,1-3H3,(H,16,17). The van der Waals surface area contributed by atoms with Crippen LogP contribution in [0.4, 0.5) is 0 Å². The third-order valence-corrected chi connectivity index (χ3v) is 3.46. The Morgan fingerprint density at radius 2 is 2.00 bits per heavy atom. The van der Waals surface area contributed by atoms with Crippen molar-refractivity contribution in [2.24, 2.45) is 0 Å². The van der Waals surface area contributed by atoms with E-state index in [9.17, 15) is 14.7 Å². The molecule has 18 heavy (non-hydrogen) atoms. The Balaban J connectivity index is 2.62. The van der Waals surface area contributed by atoms with Gasteiger partial charge in [0.2, 0.25) is 0 Å². The van der Waals surface area contributed by atoms with Crippen LogP contribution in [0.25, 0.3) is 0 Å². The van der Waals surface area contributed by atoms with Gasteiger partial charge in [0.05, 0.1) is 5.56 Å². The summed E-state index contributed by atoms with van der Waals surface area (Å²) in [7, 11) is 0. The van der Waals surface area contributed by atoms with Crippen molar-refractivity contribution in [3.05, 3.63) is 22.6 Å². The van der Waals surface area contributed by atoms with Crippen LogP contribution in [0, 0.1) is 0 Å². The molecular weight excluding hydrogens is 232 g/mol. The Labute approximate surface area is 106 Å². The van der Waals surface area contributed by atoms with E-state index in [2.05, 4.69) is 0 Å². The molecule has 1 fully saturated rings. The zero-order valence-corrected chi connectivity index (χ0v) is 10.9. The number of carbonyl (C=O) groups excluding carboxylic acids is 1. The Bertz CT molecular complexity index is 487. The lowest BCUT2D eigenvalue weighted by Gasteiger charge is -2.24. The van der Waals surface area contributed by atoms with Crippen LogP contribution in [-0.4, -0.2) is 17.4 Å². The molecule has 1 aliphatic rings. The number of carboxylic acid groups (broad SMARTS) is 1. The number of aromatic carboxylic acids is 1. The quantitative estimate of drug-likeness (QED) is 0.835. The fraction of sp³-hybridized carbons (Fsp3) is 0.571. The van der Waals surface area contributed by atoms with E-state index in [1.165, 1.54) is 0 Å². The van der Waals surface area contributed by atoms with E-state index < -0.39 is 11.4 Å². The van der Waals surface area contributed by atoms with Gasteiger partial charge in [-0.1, -0.05) is 27.2 Å². The molecule has 0 radical (unpaired) electrons. The first kappa shape index (κ1) is 12.9. The van der Waals surface area contributed by atoms with E-state index in [0.29, 0.717) is 17.8 Å². The number of carboxylic acids is 1. The molecule has 1 aromatic heterocycles. The van der Waals surface area contributed by atoms with E-state index in [1.54, 1.807) is 0 Å². The second kappa shape index (κ2) is 4.26. The molecule has 0 bridgehead atoms. The molecule has 1 heterocycles. The number of hydrogen-bond donors (Lipinski definition) is 1. The summed E-state index contributed by atoms with van der Waals surface area (Å²) in [5.41, 5.74) is -0.149. The monoisotopic (exact) mass is 250 g/mol. The molecule has 0 aromatic carbocycles. The van der Waals surface area contributed by atoms with Gasteiger partial charge >= 0.3 is 5.97 Å². The highest BCUT2D eigenvalue weighted by atomic mass is 16.4. The molecule has 1 N–H and O–H groups in total. The van der Waals surface area contributed by atoms with Gasteiger partial charge < -0.3 is 9.52 Å². The van der Waals surface area contributed by atoms with Gasteiger partial charge in [0.15, 0.2) is 6.29 Å². The SMILES string of the molecule is CC(C)(C)c1oc(C2CCC2)c(C=O)c1C(=O)O. The molecule has 2 rings (SSSR count). The molecule has 4 nitrogen and oxygen atoms in total. The summed E-state index contributed by atoms with van der Waals surface area (Å²) >= 11 is 0. The van der Waals surface area contributed by atoms with Crippen molar-refractivity contribution in [2.45, 2.75) is 51.4 Å². The molecular formula is C14H18O4. The lowest BCUT2D eigenvalue weighted by Crippen LogP contribution is -2.15. The molecule has 0 amide bonds. The minimum Gasteiger partial charge on any atom is -0.478 e. The molecule has 0 atom stereocenters. The van der Waals surface area contributed by atoms with Crippen molar-refractivity contribution in [3.8, 4) is 0 Å². The van der Waals surface area contributed by atoms with Crippen LogP contribution in [0.3, 0.4) is 0 Å². The Morgan fingerprint density at radius 1 is 1.39 bits per heavy atom. The smallest absolute Gasteiger partial charge is 0.340 e. The maximum absolute atomic E-state index is 11.4. The Hall–Kier alpha value is -1.58. The van der Waals surface area contributed by atoms with Crippen LogP contribution in [0.2, 0.25) is 0 Å². The summed E-state index contributed by atoms with van der Waals surface area (Å²) in [6.07, 6.45) is 3.67. The van der Waals surface area contributed by atoms with E-state index in [4.69, 9.17) is 4.42 Å². The number of furan rings is 1. The van der Waals surface area contributed by atoms with Crippen molar-refractivity contribution >= 4 is 12.3 Å². The molecule has 1 aliphatic carbocycles. The zero-order chi connectivity index (χ0) is 13.5. The van der Waals surface area contributed by atoms with Gasteiger partial charge in [-0.15, -0.1) is 0 Å². The molecule has 1 aromatic rings. The summed E-state index contributed by atoms with van der Waals surface area (Å²) in [5, 5.41) is 9.31. The number of rotatable bonds is 3. The molecule has 0 aliphatic heterocycles. The number of hydrogen-bond acceptors (Lipinski definition) is 3. The minimum atomic E-state index is -1.09. The molecule has 0 spiro atoms. The highest BCUT2D eigenvalue weighted by Gasteiger charge is 2.35. The van der Waals surface area contributed by atoms with Gasteiger partial charge in [-0.2, -0.15) is 0 Å². The lowest BCUT2D eigenvalue weighted by molar-refractivity contribution is 0.0689. The molecule has 1 saturated carbocycles. The van der Waals surface area contributed by atoms with Crippen LogP contribution in [0.15, 0.2) is 4.42 Å². The van der Waals surface area contributed by atoms with E-state index >= 15 is 0 Å². The number of aldehydes is 1. The van der Waals surface area contributed by atoms with Crippen LogP contribution < -0.4 is 0 Å². The molecule has 4 heteroatoms. The summed E-state index contributed by atoms with van der Waals surface area (Å²) in [6.45, 7) is 5.66. The maximum Gasteiger partial charge on any atom is 0.340 e. The van der Waals surface area contributed by atoms with Gasteiger partial charge in [-0.05, 0) is 12.8 Å². The van der Waals surface area contributed by atoms with Crippen molar-refractivity contribution in [3.63, 3.8) is 0 Å².